The minimum Gasteiger partial charge on any atom is -0.490 e. The van der Waals surface area contributed by atoms with Crippen LogP contribution < -0.4 is 14.8 Å². The molecule has 3 aromatic rings. The highest BCUT2D eigenvalue weighted by molar-refractivity contribution is 5.92. The maximum absolute atomic E-state index is 13.7. The summed E-state index contributed by atoms with van der Waals surface area (Å²) in [5, 5.41) is 17.0. The fraction of sp³-hybridized carbons (Fsp3) is 0.182. The quantitative estimate of drug-likeness (QED) is 0.362. The summed E-state index contributed by atoms with van der Waals surface area (Å²) in [6.07, 6.45) is 2.98. The molecule has 0 aliphatic rings. The predicted molar refractivity (Wildman–Crippen MR) is 115 cm³/mol. The number of anilines is 1. The molecule has 0 saturated heterocycles. The third kappa shape index (κ3) is 5.91. The van der Waals surface area contributed by atoms with Crippen LogP contribution in [0.3, 0.4) is 0 Å². The van der Waals surface area contributed by atoms with E-state index in [1.54, 1.807) is 31.2 Å². The molecule has 0 fully saturated rings. The molecular weight excluding hydrogens is 440 g/mol. The number of carbonyl (C=O) groups excluding carboxylic acids is 1. The number of aromatic nitrogens is 1. The molecule has 9 nitrogen and oxygen atoms in total. The second-order valence-corrected chi connectivity index (χ2v) is 6.67. The van der Waals surface area contributed by atoms with Crippen LogP contribution in [-0.4, -0.2) is 29.2 Å². The average Bonchev–Trinajstić information content (AvgIpc) is 3.14. The normalized spacial score (nSPS) is 10.9. The summed E-state index contributed by atoms with van der Waals surface area (Å²) in [5.74, 6) is -1.74. The molecule has 0 unspecified atom stereocenters. The second kappa shape index (κ2) is 10.4. The lowest BCUT2D eigenvalue weighted by atomic mass is 10.1. The monoisotopic (exact) mass is 459 g/mol. The smallest absolute Gasteiger partial charge is 0.338 e. The van der Waals surface area contributed by atoms with E-state index < -0.39 is 29.1 Å². The molecule has 1 aromatic heterocycles. The second-order valence-electron chi connectivity index (χ2n) is 6.67. The van der Waals surface area contributed by atoms with E-state index >= 15 is 0 Å². The standard InChI is InChI=1S/C22H19F2N3O6/c1-3-31-20-10-14(5-9-19-22(27(29)30)13(2)26-33-19)4-8-18(20)32-12-21(28)25-17-7-6-15(23)11-16(17)24/h4-11H,3,12H2,1-2H3,(H,25,28)/b9-5+. The van der Waals surface area contributed by atoms with Crippen molar-refractivity contribution in [2.24, 2.45) is 0 Å². The van der Waals surface area contributed by atoms with E-state index in [0.717, 1.165) is 12.1 Å². The number of benzene rings is 2. The van der Waals surface area contributed by atoms with Crippen LogP contribution in [-0.2, 0) is 4.79 Å². The molecule has 0 aliphatic carbocycles. The van der Waals surface area contributed by atoms with Crippen molar-refractivity contribution in [1.82, 2.24) is 5.16 Å². The van der Waals surface area contributed by atoms with Gasteiger partial charge in [-0.25, -0.2) is 8.78 Å². The number of nitrogens with one attached hydrogen (secondary N) is 1. The van der Waals surface area contributed by atoms with E-state index in [-0.39, 0.29) is 28.6 Å². The van der Waals surface area contributed by atoms with Gasteiger partial charge in [-0.3, -0.25) is 14.9 Å². The molecule has 0 saturated carbocycles. The van der Waals surface area contributed by atoms with Crippen molar-refractivity contribution < 1.29 is 32.5 Å². The third-order valence-electron chi connectivity index (χ3n) is 4.30. The molecule has 33 heavy (non-hydrogen) atoms. The zero-order valence-electron chi connectivity index (χ0n) is 17.6. The fourth-order valence-corrected chi connectivity index (χ4v) is 2.82. The SMILES string of the molecule is CCOc1cc(/C=C/c2onc(C)c2[N+](=O)[O-])ccc1OCC(=O)Nc1ccc(F)cc1F. The van der Waals surface area contributed by atoms with Gasteiger partial charge in [0.1, 0.15) is 11.6 Å². The van der Waals surface area contributed by atoms with Gasteiger partial charge < -0.3 is 19.3 Å². The predicted octanol–water partition coefficient (Wildman–Crippen LogP) is 4.76. The number of halogens is 2. The lowest BCUT2D eigenvalue weighted by Crippen LogP contribution is -2.21. The maximum atomic E-state index is 13.7. The maximum Gasteiger partial charge on any atom is 0.338 e. The molecule has 1 N–H and O–H groups in total. The molecule has 2 aromatic carbocycles. The highest BCUT2D eigenvalue weighted by Gasteiger charge is 2.22. The third-order valence-corrected chi connectivity index (χ3v) is 4.30. The van der Waals surface area contributed by atoms with Crippen LogP contribution in [0.25, 0.3) is 12.2 Å². The molecule has 0 spiro atoms. The Labute approximate surface area is 186 Å². The Balaban J connectivity index is 1.70. The van der Waals surface area contributed by atoms with Gasteiger partial charge in [-0.2, -0.15) is 0 Å². The van der Waals surface area contributed by atoms with Gasteiger partial charge in [0.15, 0.2) is 23.8 Å². The van der Waals surface area contributed by atoms with Gasteiger partial charge in [-0.15, -0.1) is 0 Å². The van der Waals surface area contributed by atoms with Crippen LogP contribution in [0.1, 0.15) is 23.9 Å². The number of hydrogen-bond acceptors (Lipinski definition) is 7. The summed E-state index contributed by atoms with van der Waals surface area (Å²) in [5.41, 5.74) is 0.385. The molecule has 11 heteroatoms. The molecule has 3 rings (SSSR count). The summed E-state index contributed by atoms with van der Waals surface area (Å²) >= 11 is 0. The fourth-order valence-electron chi connectivity index (χ4n) is 2.82. The van der Waals surface area contributed by atoms with E-state index in [0.29, 0.717) is 24.0 Å². The zero-order valence-corrected chi connectivity index (χ0v) is 17.6. The van der Waals surface area contributed by atoms with Gasteiger partial charge in [0.25, 0.3) is 5.91 Å². The number of rotatable bonds is 9. The van der Waals surface area contributed by atoms with Crippen molar-refractivity contribution >= 4 is 29.4 Å². The Morgan fingerprint density at radius 2 is 1.97 bits per heavy atom. The minimum absolute atomic E-state index is 0.000447. The van der Waals surface area contributed by atoms with Gasteiger partial charge in [0.2, 0.25) is 5.76 Å². The van der Waals surface area contributed by atoms with Gasteiger partial charge >= 0.3 is 5.69 Å². The van der Waals surface area contributed by atoms with Crippen LogP contribution in [0.15, 0.2) is 40.9 Å². The van der Waals surface area contributed by atoms with Crippen molar-refractivity contribution in [2.75, 3.05) is 18.5 Å². The van der Waals surface area contributed by atoms with Gasteiger partial charge in [0, 0.05) is 6.07 Å². The minimum atomic E-state index is -0.906. The van der Waals surface area contributed by atoms with Gasteiger partial charge in [0.05, 0.1) is 17.2 Å². The first-order valence-electron chi connectivity index (χ1n) is 9.71. The van der Waals surface area contributed by atoms with Crippen molar-refractivity contribution in [1.29, 1.82) is 0 Å². The zero-order chi connectivity index (χ0) is 24.0. The van der Waals surface area contributed by atoms with Crippen molar-refractivity contribution in [2.45, 2.75) is 13.8 Å². The first kappa shape index (κ1) is 23.4. The van der Waals surface area contributed by atoms with Crippen molar-refractivity contribution in [3.8, 4) is 11.5 Å². The van der Waals surface area contributed by atoms with E-state index in [1.807, 2.05) is 0 Å². The summed E-state index contributed by atoms with van der Waals surface area (Å²) in [6, 6.07) is 7.59. The number of hydrogen-bond donors (Lipinski definition) is 1. The van der Waals surface area contributed by atoms with Crippen molar-refractivity contribution in [3.63, 3.8) is 0 Å². The number of nitro groups is 1. The average molecular weight is 459 g/mol. The Morgan fingerprint density at radius 3 is 2.67 bits per heavy atom. The Morgan fingerprint density at radius 1 is 1.18 bits per heavy atom. The largest absolute Gasteiger partial charge is 0.490 e. The summed E-state index contributed by atoms with van der Waals surface area (Å²) < 4.78 is 42.7. The highest BCUT2D eigenvalue weighted by Crippen LogP contribution is 2.30. The number of ether oxygens (including phenoxy) is 2. The van der Waals surface area contributed by atoms with Crippen LogP contribution >= 0.6 is 0 Å². The molecule has 172 valence electrons. The Hall–Kier alpha value is -4.28. The summed E-state index contributed by atoms with van der Waals surface area (Å²) in [7, 11) is 0. The number of carbonyl (C=O) groups is 1. The molecule has 1 amide bonds. The number of nitrogens with zero attached hydrogens (tertiary/aromatic N) is 2. The van der Waals surface area contributed by atoms with Gasteiger partial charge in [-0.1, -0.05) is 17.3 Å². The molecule has 1 heterocycles. The topological polar surface area (TPSA) is 117 Å². The number of aryl methyl sites for hydroxylation is 1. The van der Waals surface area contributed by atoms with Crippen LogP contribution in [0.5, 0.6) is 11.5 Å². The van der Waals surface area contributed by atoms with Crippen LogP contribution in [0.4, 0.5) is 20.2 Å². The van der Waals surface area contributed by atoms with Gasteiger partial charge in [-0.05, 0) is 49.8 Å². The lowest BCUT2D eigenvalue weighted by Gasteiger charge is -2.13. The Bertz CT molecular complexity index is 1210. The van der Waals surface area contributed by atoms with E-state index in [1.165, 1.54) is 13.0 Å². The molecular formula is C22H19F2N3O6. The molecule has 0 atom stereocenters. The lowest BCUT2D eigenvalue weighted by molar-refractivity contribution is -0.386. The molecule has 0 bridgehead atoms. The van der Waals surface area contributed by atoms with E-state index in [9.17, 15) is 23.7 Å². The Kier molecular flexibility index (Phi) is 7.34. The summed E-state index contributed by atoms with van der Waals surface area (Å²) in [6.45, 7) is 3.09. The first-order chi connectivity index (χ1) is 15.8. The summed E-state index contributed by atoms with van der Waals surface area (Å²) in [4.78, 5) is 22.7. The first-order valence-corrected chi connectivity index (χ1v) is 9.71. The van der Waals surface area contributed by atoms with Crippen LogP contribution in [0.2, 0.25) is 0 Å². The highest BCUT2D eigenvalue weighted by atomic mass is 19.1. The molecule has 0 radical (unpaired) electrons. The molecule has 0 aliphatic heterocycles. The number of amides is 1. The van der Waals surface area contributed by atoms with E-state index in [2.05, 4.69) is 10.5 Å². The van der Waals surface area contributed by atoms with E-state index in [4.69, 9.17) is 14.0 Å². The van der Waals surface area contributed by atoms with Crippen molar-refractivity contribution in [3.05, 3.63) is 75.2 Å². The van der Waals surface area contributed by atoms with Crippen LogP contribution in [0, 0.1) is 28.7 Å².